The van der Waals surface area contributed by atoms with Gasteiger partial charge in [-0.05, 0) is 45.0 Å². The topological polar surface area (TPSA) is 66.5 Å². The fourth-order valence-corrected chi connectivity index (χ4v) is 3.05. The van der Waals surface area contributed by atoms with Gasteiger partial charge in [-0.3, -0.25) is 4.99 Å². The number of guanidine groups is 1. The minimum atomic E-state index is 0. The predicted octanol–water partition coefficient (Wildman–Crippen LogP) is 2.94. The molecule has 0 aromatic carbocycles. The summed E-state index contributed by atoms with van der Waals surface area (Å²) in [7, 11) is 4.27. The van der Waals surface area contributed by atoms with E-state index in [1.807, 2.05) is 18.2 Å². The first-order valence-electron chi connectivity index (χ1n) is 7.81. The molecule has 3 N–H and O–H groups in total. The molecule has 0 radical (unpaired) electrons. The number of halogens is 1. The largest absolute Gasteiger partial charge is 0.370 e. The van der Waals surface area contributed by atoms with Crippen molar-refractivity contribution in [1.82, 2.24) is 9.88 Å². The van der Waals surface area contributed by atoms with Gasteiger partial charge in [0.25, 0.3) is 0 Å². The maximum absolute atomic E-state index is 5.96. The molecule has 1 unspecified atom stereocenters. The fourth-order valence-electron chi connectivity index (χ4n) is 3.05. The zero-order chi connectivity index (χ0) is 15.1. The van der Waals surface area contributed by atoms with Crippen molar-refractivity contribution in [2.24, 2.45) is 16.6 Å². The molecule has 1 aliphatic rings. The third kappa shape index (κ3) is 6.08. The van der Waals surface area contributed by atoms with Crippen molar-refractivity contribution in [1.29, 1.82) is 0 Å². The number of nitrogens with zero attached hydrogens (tertiary/aromatic N) is 3. The number of likely N-dealkylation sites (N-methyl/N-ethyl adjacent to an activating group) is 1. The van der Waals surface area contributed by atoms with Gasteiger partial charge in [-0.1, -0.05) is 25.3 Å². The molecule has 0 amide bonds. The Hall–Kier alpha value is -0.890. The minimum Gasteiger partial charge on any atom is -0.370 e. The number of hydrogen-bond donors (Lipinski definition) is 2. The number of nitrogens with one attached hydrogen (secondary N) is 1. The molecule has 0 aliphatic heterocycles. The Morgan fingerprint density at radius 2 is 2.09 bits per heavy atom. The Balaban J connectivity index is 0.00000242. The highest BCUT2D eigenvalue weighted by atomic mass is 127. The molecule has 0 saturated heterocycles. The van der Waals surface area contributed by atoms with Crippen LogP contribution in [-0.2, 0) is 0 Å². The lowest BCUT2D eigenvalue weighted by Crippen LogP contribution is -2.39. The molecule has 0 bridgehead atoms. The highest BCUT2D eigenvalue weighted by molar-refractivity contribution is 14.0. The van der Waals surface area contributed by atoms with E-state index in [0.717, 1.165) is 18.3 Å². The van der Waals surface area contributed by atoms with E-state index in [1.54, 1.807) is 6.20 Å². The van der Waals surface area contributed by atoms with Crippen LogP contribution in [0.25, 0.3) is 0 Å². The summed E-state index contributed by atoms with van der Waals surface area (Å²) in [5.41, 5.74) is 5.96. The van der Waals surface area contributed by atoms with Crippen LogP contribution in [0.3, 0.4) is 0 Å². The highest BCUT2D eigenvalue weighted by Gasteiger charge is 2.24. The molecule has 1 heterocycles. The van der Waals surface area contributed by atoms with Gasteiger partial charge < -0.3 is 16.0 Å². The minimum absolute atomic E-state index is 0. The lowest BCUT2D eigenvalue weighted by Gasteiger charge is -2.33. The standard InChI is InChI=1S/C16H27N5.HI/c1-21(2)14(13-8-4-3-5-9-13)12-19-16(17)20-15-10-6-7-11-18-15;/h6-7,10-11,13-14H,3-5,8-9,12H2,1-2H3,(H3,17,18,19,20);1H. The summed E-state index contributed by atoms with van der Waals surface area (Å²) in [6.45, 7) is 0.739. The molecule has 2 rings (SSSR count). The lowest BCUT2D eigenvalue weighted by atomic mass is 9.83. The molecule has 1 atom stereocenters. The first kappa shape index (κ1) is 19.2. The zero-order valence-corrected chi connectivity index (χ0v) is 15.9. The Morgan fingerprint density at radius 3 is 2.68 bits per heavy atom. The smallest absolute Gasteiger partial charge is 0.194 e. The molecule has 1 aromatic heterocycles. The summed E-state index contributed by atoms with van der Waals surface area (Å²) >= 11 is 0. The second kappa shape index (κ2) is 9.99. The molecule has 124 valence electrons. The Labute approximate surface area is 150 Å². The highest BCUT2D eigenvalue weighted by Crippen LogP contribution is 2.28. The van der Waals surface area contributed by atoms with Crippen LogP contribution in [0.2, 0.25) is 0 Å². The average molecular weight is 417 g/mol. The molecule has 5 nitrogen and oxygen atoms in total. The molecule has 1 aliphatic carbocycles. The van der Waals surface area contributed by atoms with Gasteiger partial charge in [0.05, 0.1) is 6.54 Å². The molecule has 1 fully saturated rings. The molecule has 1 aromatic rings. The van der Waals surface area contributed by atoms with Crippen molar-refractivity contribution in [3.05, 3.63) is 24.4 Å². The van der Waals surface area contributed by atoms with Crippen LogP contribution in [0.15, 0.2) is 29.4 Å². The third-order valence-corrected chi connectivity index (χ3v) is 4.23. The first-order valence-corrected chi connectivity index (χ1v) is 7.81. The Bertz CT molecular complexity index is 443. The van der Waals surface area contributed by atoms with Gasteiger partial charge in [-0.25, -0.2) is 4.98 Å². The summed E-state index contributed by atoms with van der Waals surface area (Å²) in [5, 5.41) is 3.04. The lowest BCUT2D eigenvalue weighted by molar-refractivity contribution is 0.176. The summed E-state index contributed by atoms with van der Waals surface area (Å²) in [6, 6.07) is 6.15. The van der Waals surface area contributed by atoms with Crippen molar-refractivity contribution in [3.63, 3.8) is 0 Å². The van der Waals surface area contributed by atoms with Crippen LogP contribution in [0.1, 0.15) is 32.1 Å². The number of anilines is 1. The van der Waals surface area contributed by atoms with E-state index in [9.17, 15) is 0 Å². The molecule has 22 heavy (non-hydrogen) atoms. The van der Waals surface area contributed by atoms with E-state index < -0.39 is 0 Å². The van der Waals surface area contributed by atoms with Crippen LogP contribution in [0, 0.1) is 5.92 Å². The normalized spacial score (nSPS) is 17.9. The van der Waals surface area contributed by atoms with Crippen molar-refractivity contribution in [2.75, 3.05) is 26.0 Å². The van der Waals surface area contributed by atoms with Crippen molar-refractivity contribution in [3.8, 4) is 0 Å². The Kier molecular flexibility index (Phi) is 8.70. The zero-order valence-electron chi connectivity index (χ0n) is 13.5. The van der Waals surface area contributed by atoms with Gasteiger partial charge in [0.15, 0.2) is 5.96 Å². The van der Waals surface area contributed by atoms with E-state index in [0.29, 0.717) is 12.0 Å². The van der Waals surface area contributed by atoms with Crippen LogP contribution >= 0.6 is 24.0 Å². The summed E-state index contributed by atoms with van der Waals surface area (Å²) in [4.78, 5) is 11.0. The van der Waals surface area contributed by atoms with E-state index in [2.05, 4.69) is 34.3 Å². The Morgan fingerprint density at radius 1 is 1.36 bits per heavy atom. The van der Waals surface area contributed by atoms with Gasteiger partial charge in [-0.15, -0.1) is 24.0 Å². The maximum atomic E-state index is 5.96. The van der Waals surface area contributed by atoms with Crippen molar-refractivity contribution < 1.29 is 0 Å². The van der Waals surface area contributed by atoms with E-state index >= 15 is 0 Å². The van der Waals surface area contributed by atoms with Gasteiger partial charge >= 0.3 is 0 Å². The van der Waals surface area contributed by atoms with Gasteiger partial charge in [0, 0.05) is 12.2 Å². The molecule has 1 saturated carbocycles. The molecule has 0 spiro atoms. The van der Waals surface area contributed by atoms with E-state index in [-0.39, 0.29) is 24.0 Å². The number of rotatable bonds is 5. The number of hydrogen-bond acceptors (Lipinski definition) is 3. The van der Waals surface area contributed by atoms with Gasteiger partial charge in [0.1, 0.15) is 5.82 Å². The van der Waals surface area contributed by atoms with Crippen molar-refractivity contribution >= 4 is 35.8 Å². The number of aromatic nitrogens is 1. The number of aliphatic imine (C=N–C) groups is 1. The molecular formula is C16H28IN5. The van der Waals surface area contributed by atoms with Crippen molar-refractivity contribution in [2.45, 2.75) is 38.1 Å². The van der Waals surface area contributed by atoms with E-state index in [1.165, 1.54) is 32.1 Å². The van der Waals surface area contributed by atoms with Crippen LogP contribution < -0.4 is 11.1 Å². The molecular weight excluding hydrogens is 389 g/mol. The van der Waals surface area contributed by atoms with E-state index in [4.69, 9.17) is 5.73 Å². The number of nitrogens with two attached hydrogens (primary N) is 1. The predicted molar refractivity (Wildman–Crippen MR) is 104 cm³/mol. The third-order valence-electron chi connectivity index (χ3n) is 4.23. The molecule has 6 heteroatoms. The number of pyridine rings is 1. The van der Waals surface area contributed by atoms with Crippen LogP contribution in [0.5, 0.6) is 0 Å². The second-order valence-electron chi connectivity index (χ2n) is 5.99. The van der Waals surface area contributed by atoms with Gasteiger partial charge in [0.2, 0.25) is 0 Å². The first-order chi connectivity index (χ1) is 10.2. The second-order valence-corrected chi connectivity index (χ2v) is 5.99. The quantitative estimate of drug-likeness (QED) is 0.439. The summed E-state index contributed by atoms with van der Waals surface area (Å²) < 4.78 is 0. The fraction of sp³-hybridized carbons (Fsp3) is 0.625. The monoisotopic (exact) mass is 417 g/mol. The van der Waals surface area contributed by atoms with Gasteiger partial charge in [-0.2, -0.15) is 0 Å². The summed E-state index contributed by atoms with van der Waals surface area (Å²) in [6.07, 6.45) is 8.43. The SMILES string of the molecule is CN(C)C(CN=C(N)Nc1ccccn1)C1CCCCC1.I. The van der Waals surface area contributed by atoms with Crippen LogP contribution in [-0.4, -0.2) is 42.5 Å². The summed E-state index contributed by atoms with van der Waals surface area (Å²) in [5.74, 6) is 1.91. The average Bonchev–Trinajstić information content (AvgIpc) is 2.49. The maximum Gasteiger partial charge on any atom is 0.194 e. The van der Waals surface area contributed by atoms with Crippen LogP contribution in [0.4, 0.5) is 5.82 Å².